The van der Waals surface area contributed by atoms with Gasteiger partial charge in [-0.25, -0.2) is 9.59 Å². The van der Waals surface area contributed by atoms with Gasteiger partial charge < -0.3 is 9.47 Å². The van der Waals surface area contributed by atoms with Gasteiger partial charge in [-0.05, 0) is 55.4 Å². The highest BCUT2D eigenvalue weighted by Gasteiger charge is 2.33. The van der Waals surface area contributed by atoms with Crippen molar-refractivity contribution < 1.29 is 37.5 Å². The molecular formula is C17H32NO8P. The predicted octanol–water partition coefficient (Wildman–Crippen LogP) is 4.87. The molecule has 0 saturated carbocycles. The van der Waals surface area contributed by atoms with Crippen LogP contribution in [-0.2, 0) is 27.9 Å². The number of nitrogens with zero attached hydrogens (tertiary/aromatic N) is 1. The second kappa shape index (κ2) is 10.7. The van der Waals surface area contributed by atoms with E-state index in [1.165, 1.54) is 11.9 Å². The van der Waals surface area contributed by atoms with Gasteiger partial charge in [-0.1, -0.05) is 6.08 Å². The van der Waals surface area contributed by atoms with E-state index in [0.29, 0.717) is 5.06 Å². The van der Waals surface area contributed by atoms with E-state index in [-0.39, 0.29) is 19.8 Å². The Bertz CT molecular complexity index is 542. The third-order valence-electron chi connectivity index (χ3n) is 2.28. The van der Waals surface area contributed by atoms with Crippen LogP contribution in [0.4, 0.5) is 9.59 Å². The molecule has 158 valence electrons. The normalized spacial score (nSPS) is 12.7. The molecule has 9 nitrogen and oxygen atoms in total. The topological polar surface area (TPSA) is 101 Å². The maximum atomic E-state index is 13.0. The molecule has 0 radical (unpaired) electrons. The van der Waals surface area contributed by atoms with Crippen LogP contribution in [0.5, 0.6) is 0 Å². The molecule has 0 aromatic heterocycles. The number of carbonyl (C=O) groups excluding carboxylic acids is 2. The average Bonchev–Trinajstić information content (AvgIpc) is 2.42. The Morgan fingerprint density at radius 3 is 1.81 bits per heavy atom. The highest BCUT2D eigenvalue weighted by atomic mass is 31.2. The summed E-state index contributed by atoms with van der Waals surface area (Å²) < 4.78 is 33.7. The molecule has 0 fully saturated rings. The lowest BCUT2D eigenvalue weighted by atomic mass is 10.2. The van der Waals surface area contributed by atoms with Crippen molar-refractivity contribution in [3.05, 3.63) is 11.9 Å². The quantitative estimate of drug-likeness (QED) is 0.333. The lowest BCUT2D eigenvalue weighted by Crippen LogP contribution is -2.34. The minimum atomic E-state index is -3.64. The summed E-state index contributed by atoms with van der Waals surface area (Å²) in [6, 6.07) is 0. The van der Waals surface area contributed by atoms with Crippen molar-refractivity contribution >= 4 is 19.8 Å². The molecule has 27 heavy (non-hydrogen) atoms. The molecule has 0 saturated heterocycles. The van der Waals surface area contributed by atoms with Crippen LogP contribution in [0, 0.1) is 0 Å². The molecule has 0 N–H and O–H groups in total. The van der Waals surface area contributed by atoms with Gasteiger partial charge >= 0.3 is 19.8 Å². The summed E-state index contributed by atoms with van der Waals surface area (Å²) in [5.41, 5.74) is -1.46. The highest BCUT2D eigenvalue weighted by molar-refractivity contribution is 7.57. The molecule has 0 unspecified atom stereocenters. The van der Waals surface area contributed by atoms with Crippen molar-refractivity contribution in [2.75, 3.05) is 19.8 Å². The maximum absolute atomic E-state index is 13.0. The summed E-state index contributed by atoms with van der Waals surface area (Å²) in [6.07, 6.45) is -0.605. The SMILES string of the molecule is CCOC(=O)ON(C/C=C/P(=O)(OC(C)(C)C)OC(C)(C)C)C(=O)OCC. The Balaban J connectivity index is 5.33. The standard InChI is InChI=1S/C17H32NO8P/c1-9-22-14(19)18(24-15(20)23-10-2)12-11-13-27(21,25-16(3,4)5)26-17(6,7)8/h11,13H,9-10,12H2,1-8H3/b13-11+. The van der Waals surface area contributed by atoms with Gasteiger partial charge in [0.15, 0.2) is 0 Å². The smallest absolute Gasteiger partial charge is 0.448 e. The van der Waals surface area contributed by atoms with E-state index in [0.717, 1.165) is 0 Å². The first-order chi connectivity index (χ1) is 12.2. The van der Waals surface area contributed by atoms with Crippen LogP contribution >= 0.6 is 7.60 Å². The number of hydroxylamine groups is 2. The van der Waals surface area contributed by atoms with Gasteiger partial charge in [-0.3, -0.25) is 18.5 Å². The van der Waals surface area contributed by atoms with E-state index in [2.05, 4.69) is 4.74 Å². The molecule has 10 heteroatoms. The fourth-order valence-corrected chi connectivity index (χ4v) is 3.73. The predicted molar refractivity (Wildman–Crippen MR) is 100 cm³/mol. The van der Waals surface area contributed by atoms with Gasteiger partial charge in [0.05, 0.1) is 31.0 Å². The lowest BCUT2D eigenvalue weighted by Gasteiger charge is -2.30. The summed E-state index contributed by atoms with van der Waals surface area (Å²) in [7, 11) is -3.64. The maximum Gasteiger partial charge on any atom is 0.533 e. The molecule has 0 aromatic rings. The van der Waals surface area contributed by atoms with E-state index < -0.39 is 31.0 Å². The fraction of sp³-hybridized carbons (Fsp3) is 0.765. The molecule has 0 spiro atoms. The van der Waals surface area contributed by atoms with Crippen LogP contribution in [-0.4, -0.2) is 48.3 Å². The second-order valence-corrected chi connectivity index (χ2v) is 9.11. The van der Waals surface area contributed by atoms with Crippen LogP contribution in [0.1, 0.15) is 55.4 Å². The minimum Gasteiger partial charge on any atom is -0.448 e. The first-order valence-electron chi connectivity index (χ1n) is 8.69. The van der Waals surface area contributed by atoms with Crippen molar-refractivity contribution in [1.82, 2.24) is 5.06 Å². The van der Waals surface area contributed by atoms with Gasteiger partial charge in [0.1, 0.15) is 0 Å². The van der Waals surface area contributed by atoms with Crippen LogP contribution in [0.15, 0.2) is 11.9 Å². The highest BCUT2D eigenvalue weighted by Crippen LogP contribution is 2.55. The number of carbonyl (C=O) groups is 2. The average molecular weight is 409 g/mol. The van der Waals surface area contributed by atoms with Gasteiger partial charge in [-0.2, -0.15) is 0 Å². The third-order valence-corrected chi connectivity index (χ3v) is 4.46. The lowest BCUT2D eigenvalue weighted by molar-refractivity contribution is -0.103. The zero-order valence-corrected chi connectivity index (χ0v) is 18.3. The van der Waals surface area contributed by atoms with Gasteiger partial charge in [-0.15, -0.1) is 5.06 Å². The monoisotopic (exact) mass is 409 g/mol. The molecule has 0 aromatic carbocycles. The number of rotatable bonds is 7. The van der Waals surface area contributed by atoms with Crippen molar-refractivity contribution in [3.8, 4) is 0 Å². The van der Waals surface area contributed by atoms with Gasteiger partial charge in [0, 0.05) is 5.82 Å². The number of hydrogen-bond acceptors (Lipinski definition) is 8. The number of hydrogen-bond donors (Lipinski definition) is 0. The molecular weight excluding hydrogens is 377 g/mol. The molecule has 0 rings (SSSR count). The molecule has 0 bridgehead atoms. The van der Waals surface area contributed by atoms with Crippen molar-refractivity contribution in [3.63, 3.8) is 0 Å². The van der Waals surface area contributed by atoms with Crippen LogP contribution in [0.2, 0.25) is 0 Å². The van der Waals surface area contributed by atoms with E-state index in [4.69, 9.17) is 18.6 Å². The largest absolute Gasteiger partial charge is 0.533 e. The van der Waals surface area contributed by atoms with Crippen molar-refractivity contribution in [2.24, 2.45) is 0 Å². The Labute approximate surface area is 161 Å². The van der Waals surface area contributed by atoms with Gasteiger partial charge in [0.2, 0.25) is 0 Å². The first-order valence-corrected chi connectivity index (χ1v) is 10.3. The van der Waals surface area contributed by atoms with E-state index in [9.17, 15) is 14.2 Å². The molecule has 0 atom stereocenters. The minimum absolute atomic E-state index is 0.0827. The molecule has 1 amide bonds. The van der Waals surface area contributed by atoms with Crippen molar-refractivity contribution in [1.29, 1.82) is 0 Å². The summed E-state index contributed by atoms with van der Waals surface area (Å²) in [4.78, 5) is 28.2. The third kappa shape index (κ3) is 12.4. The summed E-state index contributed by atoms with van der Waals surface area (Å²) >= 11 is 0. The van der Waals surface area contributed by atoms with Gasteiger partial charge in [0.25, 0.3) is 0 Å². The number of ether oxygens (including phenoxy) is 2. The van der Waals surface area contributed by atoms with Crippen LogP contribution < -0.4 is 0 Å². The zero-order chi connectivity index (χ0) is 21.3. The summed E-state index contributed by atoms with van der Waals surface area (Å²) in [5, 5.41) is 0.649. The molecule has 0 heterocycles. The summed E-state index contributed by atoms with van der Waals surface area (Å²) in [6.45, 7) is 13.6. The fourth-order valence-electron chi connectivity index (χ4n) is 1.69. The molecule has 0 aliphatic carbocycles. The van der Waals surface area contributed by atoms with Crippen molar-refractivity contribution in [2.45, 2.75) is 66.6 Å². The number of amides is 1. The van der Waals surface area contributed by atoms with E-state index >= 15 is 0 Å². The first kappa shape index (κ1) is 25.4. The van der Waals surface area contributed by atoms with Crippen LogP contribution in [0.25, 0.3) is 0 Å². The second-order valence-electron chi connectivity index (χ2n) is 7.37. The van der Waals surface area contributed by atoms with E-state index in [1.54, 1.807) is 55.4 Å². The molecule has 0 aliphatic heterocycles. The Kier molecular flexibility index (Phi) is 10.1. The summed E-state index contributed by atoms with van der Waals surface area (Å²) in [5.74, 6) is 1.23. The van der Waals surface area contributed by atoms with E-state index in [1.807, 2.05) is 0 Å². The Morgan fingerprint density at radius 2 is 1.41 bits per heavy atom. The Morgan fingerprint density at radius 1 is 0.926 bits per heavy atom. The van der Waals surface area contributed by atoms with Crippen LogP contribution in [0.3, 0.4) is 0 Å². The Hall–Kier alpha value is -1.57. The molecule has 0 aliphatic rings. The zero-order valence-electron chi connectivity index (χ0n) is 17.4.